The van der Waals surface area contributed by atoms with E-state index in [1.807, 2.05) is 0 Å². The van der Waals surface area contributed by atoms with Gasteiger partial charge in [0.25, 0.3) is 0 Å². The van der Waals surface area contributed by atoms with Crippen LogP contribution >= 0.6 is 12.4 Å². The van der Waals surface area contributed by atoms with Gasteiger partial charge in [0.15, 0.2) is 0 Å². The summed E-state index contributed by atoms with van der Waals surface area (Å²) < 4.78 is 12.8. The molecule has 1 aromatic rings. The summed E-state index contributed by atoms with van der Waals surface area (Å²) in [4.78, 5) is 12.0. The summed E-state index contributed by atoms with van der Waals surface area (Å²) in [6.07, 6.45) is 3.23. The molecule has 110 valence electrons. The van der Waals surface area contributed by atoms with E-state index < -0.39 is 0 Å². The van der Waals surface area contributed by atoms with Crippen molar-refractivity contribution >= 4 is 18.3 Å². The van der Waals surface area contributed by atoms with Crippen molar-refractivity contribution in [3.05, 3.63) is 35.6 Å². The van der Waals surface area contributed by atoms with Crippen molar-refractivity contribution in [1.29, 1.82) is 0 Å². The molecule has 1 saturated carbocycles. The number of benzene rings is 1. The van der Waals surface area contributed by atoms with Crippen molar-refractivity contribution < 1.29 is 9.18 Å². The molecule has 3 rings (SSSR count). The lowest BCUT2D eigenvalue weighted by molar-refractivity contribution is -0.122. The minimum atomic E-state index is -0.224. The third-order valence-corrected chi connectivity index (χ3v) is 4.11. The highest BCUT2D eigenvalue weighted by Crippen LogP contribution is 2.47. The molecule has 2 fully saturated rings. The van der Waals surface area contributed by atoms with Gasteiger partial charge in [0.1, 0.15) is 5.82 Å². The summed E-state index contributed by atoms with van der Waals surface area (Å²) in [5.74, 6) is 0.268. The molecule has 1 saturated heterocycles. The van der Waals surface area contributed by atoms with Crippen LogP contribution in [-0.2, 0) is 4.79 Å². The normalized spacial score (nSPS) is 27.8. The first kappa shape index (κ1) is 15.3. The van der Waals surface area contributed by atoms with Crippen LogP contribution in [0.25, 0.3) is 0 Å². The minimum absolute atomic E-state index is 0. The van der Waals surface area contributed by atoms with Gasteiger partial charge in [-0.15, -0.1) is 12.4 Å². The summed E-state index contributed by atoms with van der Waals surface area (Å²) in [6.45, 7) is 1.79. The third-order valence-electron chi connectivity index (χ3n) is 4.11. The number of carbonyl (C=O) groups is 1. The molecule has 0 bridgehead atoms. The molecule has 3 atom stereocenters. The van der Waals surface area contributed by atoms with Crippen LogP contribution in [-0.4, -0.2) is 25.0 Å². The number of halogens is 2. The molecule has 0 aromatic heterocycles. The Hall–Kier alpha value is -1.13. The summed E-state index contributed by atoms with van der Waals surface area (Å²) in [6, 6.07) is 6.93. The molecule has 1 aromatic carbocycles. The van der Waals surface area contributed by atoms with E-state index in [0.717, 1.165) is 31.5 Å². The van der Waals surface area contributed by atoms with E-state index in [1.54, 1.807) is 12.1 Å². The summed E-state index contributed by atoms with van der Waals surface area (Å²) >= 11 is 0. The van der Waals surface area contributed by atoms with E-state index >= 15 is 0 Å². The van der Waals surface area contributed by atoms with Gasteiger partial charge in [-0.25, -0.2) is 4.39 Å². The zero-order valence-corrected chi connectivity index (χ0v) is 12.1. The molecule has 1 amide bonds. The quantitative estimate of drug-likeness (QED) is 0.895. The van der Waals surface area contributed by atoms with E-state index in [2.05, 4.69) is 10.6 Å². The Kier molecular flexibility index (Phi) is 5.00. The smallest absolute Gasteiger partial charge is 0.223 e. The molecule has 3 unspecified atom stereocenters. The Morgan fingerprint density at radius 3 is 2.75 bits per heavy atom. The van der Waals surface area contributed by atoms with Gasteiger partial charge in [0.2, 0.25) is 5.91 Å². The highest BCUT2D eigenvalue weighted by Gasteiger charge is 2.43. The predicted octanol–water partition coefficient (Wildman–Crippen LogP) is 2.22. The average Bonchev–Trinajstić information content (AvgIpc) is 3.05. The highest BCUT2D eigenvalue weighted by molar-refractivity contribution is 5.85. The maximum Gasteiger partial charge on any atom is 0.223 e. The largest absolute Gasteiger partial charge is 0.354 e. The second kappa shape index (κ2) is 6.55. The molecule has 1 aliphatic heterocycles. The summed E-state index contributed by atoms with van der Waals surface area (Å²) in [5.41, 5.74) is 1.07. The monoisotopic (exact) mass is 298 g/mol. The fourth-order valence-electron chi connectivity index (χ4n) is 2.85. The van der Waals surface area contributed by atoms with Crippen LogP contribution in [0.15, 0.2) is 24.3 Å². The lowest BCUT2D eigenvalue weighted by Gasteiger charge is -2.11. The molecule has 1 heterocycles. The van der Waals surface area contributed by atoms with Gasteiger partial charge in [0.05, 0.1) is 0 Å². The lowest BCUT2D eigenvalue weighted by atomic mass is 10.1. The maximum atomic E-state index is 12.8. The first-order valence-corrected chi connectivity index (χ1v) is 7.00. The number of hydrogen-bond donors (Lipinski definition) is 2. The zero-order valence-electron chi connectivity index (χ0n) is 11.3. The Morgan fingerprint density at radius 1 is 1.35 bits per heavy atom. The van der Waals surface area contributed by atoms with Crippen LogP contribution in [0.5, 0.6) is 0 Å². The SMILES string of the molecule is Cl.O=C(NCC1CCCN1)C1CC1c1ccc(F)cc1. The van der Waals surface area contributed by atoms with Gasteiger partial charge in [-0.2, -0.15) is 0 Å². The van der Waals surface area contributed by atoms with Gasteiger partial charge in [0, 0.05) is 18.5 Å². The molecule has 2 aliphatic rings. The Morgan fingerprint density at radius 2 is 2.10 bits per heavy atom. The van der Waals surface area contributed by atoms with Crippen molar-refractivity contribution in [3.63, 3.8) is 0 Å². The van der Waals surface area contributed by atoms with Gasteiger partial charge >= 0.3 is 0 Å². The Labute approximate surface area is 124 Å². The molecule has 2 N–H and O–H groups in total. The number of nitrogens with one attached hydrogen (secondary N) is 2. The molecule has 20 heavy (non-hydrogen) atoms. The second-order valence-electron chi connectivity index (χ2n) is 5.54. The first-order valence-electron chi connectivity index (χ1n) is 7.00. The van der Waals surface area contributed by atoms with Crippen molar-refractivity contribution in [2.45, 2.75) is 31.2 Å². The fourth-order valence-corrected chi connectivity index (χ4v) is 2.85. The average molecular weight is 299 g/mol. The maximum absolute atomic E-state index is 12.8. The fraction of sp³-hybridized carbons (Fsp3) is 0.533. The summed E-state index contributed by atoms with van der Waals surface area (Å²) in [7, 11) is 0. The number of amides is 1. The van der Waals surface area contributed by atoms with Gasteiger partial charge in [-0.3, -0.25) is 4.79 Å². The van der Waals surface area contributed by atoms with Crippen LogP contribution in [0.4, 0.5) is 4.39 Å². The highest BCUT2D eigenvalue weighted by atomic mass is 35.5. The zero-order chi connectivity index (χ0) is 13.2. The summed E-state index contributed by atoms with van der Waals surface area (Å²) in [5, 5.41) is 6.39. The predicted molar refractivity (Wildman–Crippen MR) is 78.5 cm³/mol. The number of carbonyl (C=O) groups excluding carboxylic acids is 1. The molecule has 0 spiro atoms. The Balaban J connectivity index is 0.00000147. The van der Waals surface area contributed by atoms with Crippen molar-refractivity contribution in [3.8, 4) is 0 Å². The molecule has 1 aliphatic carbocycles. The van der Waals surface area contributed by atoms with Crippen LogP contribution in [0.2, 0.25) is 0 Å². The molecule has 0 radical (unpaired) electrons. The van der Waals surface area contributed by atoms with Gasteiger partial charge < -0.3 is 10.6 Å². The van der Waals surface area contributed by atoms with E-state index in [9.17, 15) is 9.18 Å². The van der Waals surface area contributed by atoms with Crippen LogP contribution < -0.4 is 10.6 Å². The minimum Gasteiger partial charge on any atom is -0.354 e. The lowest BCUT2D eigenvalue weighted by Crippen LogP contribution is -2.37. The van der Waals surface area contributed by atoms with Crippen molar-refractivity contribution in [2.75, 3.05) is 13.1 Å². The second-order valence-corrected chi connectivity index (χ2v) is 5.54. The van der Waals surface area contributed by atoms with Gasteiger partial charge in [-0.05, 0) is 49.4 Å². The van der Waals surface area contributed by atoms with E-state index in [0.29, 0.717) is 6.04 Å². The third kappa shape index (κ3) is 3.49. The van der Waals surface area contributed by atoms with Crippen molar-refractivity contribution in [2.24, 2.45) is 5.92 Å². The standard InChI is InChI=1S/C15H19FN2O.ClH/c16-11-5-3-10(4-6-11)13-8-14(13)15(19)18-9-12-2-1-7-17-12;/h3-6,12-14,17H,1-2,7-9H2,(H,18,19);1H. The topological polar surface area (TPSA) is 41.1 Å². The number of rotatable bonds is 4. The van der Waals surface area contributed by atoms with Crippen molar-refractivity contribution in [1.82, 2.24) is 10.6 Å². The van der Waals surface area contributed by atoms with Crippen LogP contribution in [0.3, 0.4) is 0 Å². The Bertz CT molecular complexity index is 459. The van der Waals surface area contributed by atoms with E-state index in [4.69, 9.17) is 0 Å². The molecule has 3 nitrogen and oxygen atoms in total. The molecular weight excluding hydrogens is 279 g/mol. The molecule has 5 heteroatoms. The van der Waals surface area contributed by atoms with Crippen LogP contribution in [0.1, 0.15) is 30.7 Å². The van der Waals surface area contributed by atoms with Gasteiger partial charge in [-0.1, -0.05) is 12.1 Å². The first-order chi connectivity index (χ1) is 9.24. The number of hydrogen-bond acceptors (Lipinski definition) is 2. The van der Waals surface area contributed by atoms with Crippen LogP contribution in [0, 0.1) is 11.7 Å². The molecular formula is C15H20ClFN2O. The van der Waals surface area contributed by atoms with E-state index in [1.165, 1.54) is 18.6 Å². The van der Waals surface area contributed by atoms with E-state index in [-0.39, 0.29) is 36.0 Å².